The third kappa shape index (κ3) is 2.35. The number of aryl methyl sites for hydroxylation is 1. The Morgan fingerprint density at radius 1 is 1.73 bits per heavy atom. The van der Waals surface area contributed by atoms with Gasteiger partial charge in [0.2, 0.25) is 0 Å². The molecule has 0 amide bonds. The van der Waals surface area contributed by atoms with Crippen LogP contribution < -0.4 is 5.32 Å². The van der Waals surface area contributed by atoms with Gasteiger partial charge in [0, 0.05) is 12.2 Å². The summed E-state index contributed by atoms with van der Waals surface area (Å²) in [5.74, 6) is 0. The normalized spacial score (nSPS) is 13.4. The van der Waals surface area contributed by atoms with Crippen LogP contribution in [-0.2, 0) is 6.54 Å². The van der Waals surface area contributed by atoms with Gasteiger partial charge in [-0.1, -0.05) is 0 Å². The van der Waals surface area contributed by atoms with E-state index in [1.54, 1.807) is 0 Å². The molecule has 0 bridgehead atoms. The van der Waals surface area contributed by atoms with Gasteiger partial charge in [0.05, 0.1) is 12.2 Å². The van der Waals surface area contributed by atoms with Crippen LogP contribution in [-0.4, -0.2) is 22.9 Å². The van der Waals surface area contributed by atoms with Gasteiger partial charge < -0.3 is 5.32 Å². The first-order valence-corrected chi connectivity index (χ1v) is 3.89. The van der Waals surface area contributed by atoms with Gasteiger partial charge in [-0.2, -0.15) is 5.10 Å². The molecular formula is C8H15N3. The Kier molecular flexibility index (Phi) is 2.65. The summed E-state index contributed by atoms with van der Waals surface area (Å²) in [4.78, 5) is 0. The quantitative estimate of drug-likeness (QED) is 0.696. The van der Waals surface area contributed by atoms with E-state index < -0.39 is 0 Å². The third-order valence-electron chi connectivity index (χ3n) is 1.73. The summed E-state index contributed by atoms with van der Waals surface area (Å²) in [6.45, 7) is 5.07. The predicted molar refractivity (Wildman–Crippen MR) is 45.5 cm³/mol. The lowest BCUT2D eigenvalue weighted by Gasteiger charge is -2.08. The Bertz CT molecular complexity index is 217. The maximum Gasteiger partial charge on any atom is 0.0593 e. The van der Waals surface area contributed by atoms with Crippen molar-refractivity contribution >= 4 is 0 Å². The van der Waals surface area contributed by atoms with Gasteiger partial charge in [0.25, 0.3) is 0 Å². The van der Waals surface area contributed by atoms with Crippen LogP contribution in [0.15, 0.2) is 12.3 Å². The van der Waals surface area contributed by atoms with Crippen LogP contribution in [0, 0.1) is 6.92 Å². The van der Waals surface area contributed by atoms with E-state index in [0.717, 1.165) is 12.2 Å². The first-order chi connectivity index (χ1) is 5.22. The van der Waals surface area contributed by atoms with Gasteiger partial charge in [-0.25, -0.2) is 0 Å². The van der Waals surface area contributed by atoms with Crippen molar-refractivity contribution in [3.05, 3.63) is 18.0 Å². The number of nitrogens with one attached hydrogen (secondary N) is 1. The molecule has 62 valence electrons. The van der Waals surface area contributed by atoms with E-state index in [1.165, 1.54) is 0 Å². The number of rotatable bonds is 3. The second kappa shape index (κ2) is 3.53. The van der Waals surface area contributed by atoms with E-state index in [9.17, 15) is 0 Å². The van der Waals surface area contributed by atoms with Crippen LogP contribution in [0.2, 0.25) is 0 Å². The van der Waals surface area contributed by atoms with Crippen molar-refractivity contribution in [2.75, 3.05) is 7.05 Å². The molecule has 1 unspecified atom stereocenters. The zero-order chi connectivity index (χ0) is 8.27. The molecule has 11 heavy (non-hydrogen) atoms. The zero-order valence-corrected chi connectivity index (χ0v) is 7.33. The van der Waals surface area contributed by atoms with Crippen LogP contribution in [0.4, 0.5) is 0 Å². The molecule has 1 rings (SSSR count). The SMILES string of the molecule is CNC(C)Cn1ccc(C)n1. The van der Waals surface area contributed by atoms with Gasteiger partial charge in [-0.3, -0.25) is 4.68 Å². The van der Waals surface area contributed by atoms with Crippen molar-refractivity contribution in [1.29, 1.82) is 0 Å². The maximum absolute atomic E-state index is 4.28. The molecule has 0 spiro atoms. The molecule has 1 aromatic heterocycles. The van der Waals surface area contributed by atoms with E-state index in [1.807, 2.05) is 30.9 Å². The summed E-state index contributed by atoms with van der Waals surface area (Å²) in [7, 11) is 1.96. The highest BCUT2D eigenvalue weighted by atomic mass is 15.3. The molecule has 1 heterocycles. The monoisotopic (exact) mass is 153 g/mol. The van der Waals surface area contributed by atoms with Crippen LogP contribution in [0.25, 0.3) is 0 Å². The van der Waals surface area contributed by atoms with E-state index in [4.69, 9.17) is 0 Å². The summed E-state index contributed by atoms with van der Waals surface area (Å²) in [6, 6.07) is 2.50. The van der Waals surface area contributed by atoms with Gasteiger partial charge in [0.1, 0.15) is 0 Å². The Morgan fingerprint density at radius 3 is 2.91 bits per heavy atom. The minimum Gasteiger partial charge on any atom is -0.315 e. The van der Waals surface area contributed by atoms with Crippen LogP contribution in [0.3, 0.4) is 0 Å². The van der Waals surface area contributed by atoms with Crippen LogP contribution in [0.5, 0.6) is 0 Å². The van der Waals surface area contributed by atoms with Crippen LogP contribution in [0.1, 0.15) is 12.6 Å². The van der Waals surface area contributed by atoms with E-state index in [2.05, 4.69) is 17.3 Å². The van der Waals surface area contributed by atoms with Crippen molar-refractivity contribution in [1.82, 2.24) is 15.1 Å². The van der Waals surface area contributed by atoms with Crippen molar-refractivity contribution in [2.45, 2.75) is 26.4 Å². The first-order valence-electron chi connectivity index (χ1n) is 3.89. The molecule has 3 nitrogen and oxygen atoms in total. The topological polar surface area (TPSA) is 29.9 Å². The molecule has 0 saturated carbocycles. The highest BCUT2D eigenvalue weighted by Gasteiger charge is 1.99. The fraction of sp³-hybridized carbons (Fsp3) is 0.625. The molecule has 3 heteroatoms. The van der Waals surface area contributed by atoms with Gasteiger partial charge >= 0.3 is 0 Å². The smallest absolute Gasteiger partial charge is 0.0593 e. The lowest BCUT2D eigenvalue weighted by Crippen LogP contribution is -2.26. The number of hydrogen-bond donors (Lipinski definition) is 1. The number of likely N-dealkylation sites (N-methyl/N-ethyl adjacent to an activating group) is 1. The molecule has 1 aromatic rings. The van der Waals surface area contributed by atoms with Gasteiger partial charge in [-0.15, -0.1) is 0 Å². The maximum atomic E-state index is 4.28. The Morgan fingerprint density at radius 2 is 2.45 bits per heavy atom. The van der Waals surface area contributed by atoms with Crippen molar-refractivity contribution in [3.8, 4) is 0 Å². The Hall–Kier alpha value is -0.830. The van der Waals surface area contributed by atoms with Crippen molar-refractivity contribution in [3.63, 3.8) is 0 Å². The standard InChI is InChI=1S/C8H15N3/c1-7-4-5-11(10-7)6-8(2)9-3/h4-5,8-9H,6H2,1-3H3. The predicted octanol–water partition coefficient (Wildman–Crippen LogP) is 0.799. The average Bonchev–Trinajstić information content (AvgIpc) is 2.35. The largest absolute Gasteiger partial charge is 0.315 e. The average molecular weight is 153 g/mol. The second-order valence-corrected chi connectivity index (χ2v) is 2.87. The fourth-order valence-corrected chi connectivity index (χ4v) is 0.937. The summed E-state index contributed by atoms with van der Waals surface area (Å²) >= 11 is 0. The molecule has 0 saturated heterocycles. The summed E-state index contributed by atoms with van der Waals surface area (Å²) in [5.41, 5.74) is 1.08. The Labute approximate surface area is 67.4 Å². The second-order valence-electron chi connectivity index (χ2n) is 2.87. The molecule has 0 fully saturated rings. The molecule has 0 radical (unpaired) electrons. The number of hydrogen-bond acceptors (Lipinski definition) is 2. The molecule has 0 aliphatic heterocycles. The third-order valence-corrected chi connectivity index (χ3v) is 1.73. The molecule has 0 aliphatic carbocycles. The highest BCUT2D eigenvalue weighted by Crippen LogP contribution is 1.94. The number of nitrogens with zero attached hydrogens (tertiary/aromatic N) is 2. The Balaban J connectivity index is 2.50. The summed E-state index contributed by atoms with van der Waals surface area (Å²) in [5, 5.41) is 7.44. The molecule has 1 atom stereocenters. The van der Waals surface area contributed by atoms with E-state index >= 15 is 0 Å². The number of aromatic nitrogens is 2. The van der Waals surface area contributed by atoms with E-state index in [0.29, 0.717) is 6.04 Å². The molecule has 0 aromatic carbocycles. The van der Waals surface area contributed by atoms with Crippen LogP contribution >= 0.6 is 0 Å². The minimum atomic E-state index is 0.481. The molecule has 0 aliphatic rings. The lowest BCUT2D eigenvalue weighted by molar-refractivity contribution is 0.480. The lowest BCUT2D eigenvalue weighted by atomic mass is 10.3. The van der Waals surface area contributed by atoms with Gasteiger partial charge in [0.15, 0.2) is 0 Å². The van der Waals surface area contributed by atoms with Gasteiger partial charge in [-0.05, 0) is 27.0 Å². The highest BCUT2D eigenvalue weighted by molar-refractivity contribution is 4.94. The minimum absolute atomic E-state index is 0.481. The first kappa shape index (κ1) is 8.27. The van der Waals surface area contributed by atoms with Crippen molar-refractivity contribution < 1.29 is 0 Å². The molecule has 1 N–H and O–H groups in total. The van der Waals surface area contributed by atoms with Crippen molar-refractivity contribution in [2.24, 2.45) is 0 Å². The summed E-state index contributed by atoms with van der Waals surface area (Å²) < 4.78 is 1.95. The van der Waals surface area contributed by atoms with E-state index in [-0.39, 0.29) is 0 Å². The summed E-state index contributed by atoms with van der Waals surface area (Å²) in [6.07, 6.45) is 2.00. The zero-order valence-electron chi connectivity index (χ0n) is 7.33. The fourth-order valence-electron chi connectivity index (χ4n) is 0.937. The molecular weight excluding hydrogens is 138 g/mol.